The summed E-state index contributed by atoms with van der Waals surface area (Å²) >= 11 is 1.53. The molecule has 6 nitrogen and oxygen atoms in total. The first-order chi connectivity index (χ1) is 16.2. The molecule has 0 spiro atoms. The number of amides is 1. The van der Waals surface area contributed by atoms with E-state index in [1.54, 1.807) is 24.4 Å². The molecule has 4 rings (SSSR count). The van der Waals surface area contributed by atoms with Crippen molar-refractivity contribution >= 4 is 34.3 Å². The van der Waals surface area contributed by atoms with Crippen molar-refractivity contribution in [2.75, 3.05) is 11.9 Å². The molecule has 1 heterocycles. The van der Waals surface area contributed by atoms with Crippen LogP contribution in [0.1, 0.15) is 15.9 Å². The maximum Gasteiger partial charge on any atom is 0.271 e. The third-order valence-electron chi connectivity index (χ3n) is 4.58. The Morgan fingerprint density at radius 1 is 1.06 bits per heavy atom. The van der Waals surface area contributed by atoms with Crippen molar-refractivity contribution in [3.05, 3.63) is 108 Å². The van der Waals surface area contributed by atoms with E-state index < -0.39 is 0 Å². The molecule has 0 bridgehead atoms. The molecule has 7 heteroatoms. The van der Waals surface area contributed by atoms with Gasteiger partial charge in [-0.1, -0.05) is 55.1 Å². The van der Waals surface area contributed by atoms with Gasteiger partial charge in [0.25, 0.3) is 5.91 Å². The highest BCUT2D eigenvalue weighted by Crippen LogP contribution is 2.27. The predicted octanol–water partition coefficient (Wildman–Crippen LogP) is 5.88. The van der Waals surface area contributed by atoms with E-state index in [9.17, 15) is 4.79 Å². The van der Waals surface area contributed by atoms with Crippen LogP contribution in [0.25, 0.3) is 11.3 Å². The van der Waals surface area contributed by atoms with Gasteiger partial charge in [0.15, 0.2) is 5.13 Å². The minimum atomic E-state index is -0.290. The maximum absolute atomic E-state index is 12.4. The summed E-state index contributed by atoms with van der Waals surface area (Å²) in [6.07, 6.45) is 3.25. The van der Waals surface area contributed by atoms with Gasteiger partial charge in [-0.3, -0.25) is 4.79 Å². The molecule has 1 aromatic heterocycles. The molecule has 0 fully saturated rings. The van der Waals surface area contributed by atoms with Crippen molar-refractivity contribution in [1.82, 2.24) is 10.4 Å². The number of aromatic nitrogens is 1. The quantitative estimate of drug-likeness (QED) is 0.188. The van der Waals surface area contributed by atoms with Gasteiger partial charge < -0.3 is 10.1 Å². The van der Waals surface area contributed by atoms with Gasteiger partial charge in [-0.15, -0.1) is 11.3 Å². The minimum Gasteiger partial charge on any atom is -0.490 e. The van der Waals surface area contributed by atoms with E-state index in [2.05, 4.69) is 27.4 Å². The van der Waals surface area contributed by atoms with Crippen LogP contribution in [0.15, 0.2) is 102 Å². The fraction of sp³-hybridized carbons (Fsp3) is 0.0385. The Labute approximate surface area is 196 Å². The fourth-order valence-corrected chi connectivity index (χ4v) is 3.71. The zero-order valence-electron chi connectivity index (χ0n) is 17.8. The summed E-state index contributed by atoms with van der Waals surface area (Å²) in [7, 11) is 0. The average Bonchev–Trinajstić information content (AvgIpc) is 3.32. The third-order valence-corrected chi connectivity index (χ3v) is 5.34. The molecule has 4 aromatic rings. The number of hydrogen-bond acceptors (Lipinski definition) is 6. The monoisotopic (exact) mass is 454 g/mol. The molecule has 0 atom stereocenters. The number of thiazole rings is 1. The molecule has 0 unspecified atom stereocenters. The molecule has 164 valence electrons. The van der Waals surface area contributed by atoms with Crippen LogP contribution in [-0.4, -0.2) is 23.7 Å². The van der Waals surface area contributed by atoms with Crippen molar-refractivity contribution in [3.8, 4) is 17.0 Å². The van der Waals surface area contributed by atoms with Gasteiger partial charge >= 0.3 is 0 Å². The van der Waals surface area contributed by atoms with Crippen molar-refractivity contribution in [3.63, 3.8) is 0 Å². The van der Waals surface area contributed by atoms with Crippen LogP contribution in [0.4, 0.5) is 10.8 Å². The molecule has 0 aliphatic carbocycles. The van der Waals surface area contributed by atoms with E-state index in [0.29, 0.717) is 17.9 Å². The molecule has 1 amide bonds. The van der Waals surface area contributed by atoms with Crippen LogP contribution in [0, 0.1) is 0 Å². The standard InChI is InChI=1S/C26H22N4O2S/c1-2-15-32-23-10-6-7-19(16-23)17-27-30-25(31)21-13-11-20(12-14-21)24-18-33-26(29-24)28-22-8-4-3-5-9-22/h2-14,16-18H,1,15H2,(H,28,29)(H,30,31)/b27-17-. The third kappa shape index (κ3) is 6.15. The molecule has 0 aliphatic heterocycles. The minimum absolute atomic E-state index is 0.290. The smallest absolute Gasteiger partial charge is 0.271 e. The van der Waals surface area contributed by atoms with Gasteiger partial charge in [-0.2, -0.15) is 5.10 Å². The van der Waals surface area contributed by atoms with E-state index in [1.165, 1.54) is 11.3 Å². The Morgan fingerprint density at radius 3 is 2.67 bits per heavy atom. The zero-order valence-corrected chi connectivity index (χ0v) is 18.6. The Bertz CT molecular complexity index is 1250. The largest absolute Gasteiger partial charge is 0.490 e. The van der Waals surface area contributed by atoms with E-state index in [4.69, 9.17) is 4.74 Å². The Balaban J connectivity index is 1.35. The number of hydrazone groups is 1. The highest BCUT2D eigenvalue weighted by molar-refractivity contribution is 7.14. The predicted molar refractivity (Wildman–Crippen MR) is 134 cm³/mol. The summed E-state index contributed by atoms with van der Waals surface area (Å²) in [6, 6.07) is 24.6. The van der Waals surface area contributed by atoms with Crippen LogP contribution < -0.4 is 15.5 Å². The van der Waals surface area contributed by atoms with Crippen LogP contribution in [0.5, 0.6) is 5.75 Å². The molecule has 0 saturated heterocycles. The Kier molecular flexibility index (Phi) is 7.25. The van der Waals surface area contributed by atoms with Gasteiger partial charge in [0.2, 0.25) is 0 Å². The molecule has 3 aromatic carbocycles. The first kappa shape index (κ1) is 22.0. The molecule has 2 N–H and O–H groups in total. The van der Waals surface area contributed by atoms with E-state index >= 15 is 0 Å². The number of hydrogen-bond donors (Lipinski definition) is 2. The second kappa shape index (κ2) is 10.9. The van der Waals surface area contributed by atoms with E-state index in [0.717, 1.165) is 27.6 Å². The van der Waals surface area contributed by atoms with Gasteiger partial charge in [-0.05, 0) is 42.0 Å². The summed E-state index contributed by atoms with van der Waals surface area (Å²) in [4.78, 5) is 17.0. The summed E-state index contributed by atoms with van der Waals surface area (Å²) in [5, 5.41) is 10.1. The van der Waals surface area contributed by atoms with Crippen LogP contribution in [0.2, 0.25) is 0 Å². The lowest BCUT2D eigenvalue weighted by Crippen LogP contribution is -2.17. The molecule has 0 saturated carbocycles. The lowest BCUT2D eigenvalue weighted by molar-refractivity contribution is 0.0955. The number of nitrogens with zero attached hydrogens (tertiary/aromatic N) is 2. The van der Waals surface area contributed by atoms with Crippen LogP contribution >= 0.6 is 11.3 Å². The first-order valence-corrected chi connectivity index (χ1v) is 11.1. The molecular weight excluding hydrogens is 432 g/mol. The van der Waals surface area contributed by atoms with Crippen LogP contribution in [0.3, 0.4) is 0 Å². The van der Waals surface area contributed by atoms with Crippen molar-refractivity contribution in [2.45, 2.75) is 0 Å². The second-order valence-electron chi connectivity index (χ2n) is 6.98. The molecular formula is C26H22N4O2S. The highest BCUT2D eigenvalue weighted by atomic mass is 32.1. The topological polar surface area (TPSA) is 75.6 Å². The number of benzene rings is 3. The maximum atomic E-state index is 12.4. The SMILES string of the molecule is C=CCOc1cccc(/C=N\NC(=O)c2ccc(-c3csc(Nc4ccccc4)n3)cc2)c1. The van der Waals surface area contributed by atoms with Crippen molar-refractivity contribution in [1.29, 1.82) is 0 Å². The molecule has 0 aliphatic rings. The lowest BCUT2D eigenvalue weighted by Gasteiger charge is -2.04. The van der Waals surface area contributed by atoms with Crippen molar-refractivity contribution in [2.24, 2.45) is 5.10 Å². The molecule has 0 radical (unpaired) electrons. The highest BCUT2D eigenvalue weighted by Gasteiger charge is 2.08. The average molecular weight is 455 g/mol. The van der Waals surface area contributed by atoms with E-state index in [-0.39, 0.29) is 5.91 Å². The van der Waals surface area contributed by atoms with Gasteiger partial charge in [0.05, 0.1) is 11.9 Å². The normalized spacial score (nSPS) is 10.7. The Hall–Kier alpha value is -4.23. The first-order valence-electron chi connectivity index (χ1n) is 10.3. The molecule has 33 heavy (non-hydrogen) atoms. The second-order valence-corrected chi connectivity index (χ2v) is 7.84. The number of nitrogens with one attached hydrogen (secondary N) is 2. The number of rotatable bonds is 9. The summed E-state index contributed by atoms with van der Waals surface area (Å²) in [6.45, 7) is 4.06. The number of para-hydroxylation sites is 1. The number of anilines is 2. The summed E-state index contributed by atoms with van der Waals surface area (Å²) in [5.41, 5.74) is 6.65. The van der Waals surface area contributed by atoms with Gasteiger partial charge in [0, 0.05) is 22.2 Å². The van der Waals surface area contributed by atoms with Gasteiger partial charge in [0.1, 0.15) is 12.4 Å². The number of carbonyl (C=O) groups excluding carboxylic acids is 1. The Morgan fingerprint density at radius 2 is 1.88 bits per heavy atom. The summed E-state index contributed by atoms with van der Waals surface area (Å²) in [5.74, 6) is 0.423. The fourth-order valence-electron chi connectivity index (χ4n) is 2.97. The van der Waals surface area contributed by atoms with Crippen molar-refractivity contribution < 1.29 is 9.53 Å². The van der Waals surface area contributed by atoms with E-state index in [1.807, 2.05) is 72.1 Å². The number of carbonyl (C=O) groups is 1. The zero-order chi connectivity index (χ0) is 22.9. The van der Waals surface area contributed by atoms with Gasteiger partial charge in [-0.25, -0.2) is 10.4 Å². The number of ether oxygens (including phenoxy) is 1. The summed E-state index contributed by atoms with van der Waals surface area (Å²) < 4.78 is 5.50. The van der Waals surface area contributed by atoms with Crippen LogP contribution in [-0.2, 0) is 0 Å². The lowest BCUT2D eigenvalue weighted by atomic mass is 10.1.